The molecule has 0 unspecified atom stereocenters. The SMILES string of the molecule is Cn1cc(-c2ccc(C(=O)N[C@H]3CC4(C3)C[C@H](c3n[nH]c(=O)c5ccccc53)C4)cc2F)cn1. The minimum Gasteiger partial charge on any atom is -0.349 e. The molecule has 2 saturated carbocycles. The lowest BCUT2D eigenvalue weighted by atomic mass is 9.49. The number of nitrogens with zero attached hydrogens (tertiary/aromatic N) is 3. The third kappa shape index (κ3) is 3.41. The maximum atomic E-state index is 14.6. The summed E-state index contributed by atoms with van der Waals surface area (Å²) < 4.78 is 16.2. The fraction of sp³-hybridized carbons (Fsp3) is 0.308. The van der Waals surface area contributed by atoms with Gasteiger partial charge in [-0.25, -0.2) is 9.49 Å². The van der Waals surface area contributed by atoms with E-state index in [1.54, 1.807) is 36.3 Å². The molecule has 7 nitrogen and oxygen atoms in total. The molecule has 2 heterocycles. The Morgan fingerprint density at radius 2 is 1.91 bits per heavy atom. The Hall–Kier alpha value is -3.81. The lowest BCUT2D eigenvalue weighted by Gasteiger charge is -2.57. The molecule has 0 aliphatic heterocycles. The molecule has 1 spiro atoms. The minimum absolute atomic E-state index is 0.0924. The molecule has 0 bridgehead atoms. The van der Waals surface area contributed by atoms with E-state index >= 15 is 0 Å². The molecular formula is C26H24FN5O2. The molecule has 2 N–H and O–H groups in total. The largest absolute Gasteiger partial charge is 0.349 e. The van der Waals surface area contributed by atoms with Gasteiger partial charge in [0.25, 0.3) is 11.5 Å². The van der Waals surface area contributed by atoms with Crippen molar-refractivity contribution in [2.45, 2.75) is 37.6 Å². The number of halogens is 1. The Labute approximate surface area is 195 Å². The lowest BCUT2D eigenvalue weighted by molar-refractivity contribution is -0.0196. The van der Waals surface area contributed by atoms with E-state index in [0.717, 1.165) is 36.8 Å². The molecule has 8 heteroatoms. The summed E-state index contributed by atoms with van der Waals surface area (Å²) in [5.41, 5.74) is 2.44. The van der Waals surface area contributed by atoms with Gasteiger partial charge in [-0.05, 0) is 49.3 Å². The molecule has 0 atom stereocenters. The highest BCUT2D eigenvalue weighted by atomic mass is 19.1. The van der Waals surface area contributed by atoms with Gasteiger partial charge in [0, 0.05) is 47.3 Å². The maximum absolute atomic E-state index is 14.6. The molecule has 0 radical (unpaired) electrons. The van der Waals surface area contributed by atoms with E-state index < -0.39 is 5.82 Å². The van der Waals surface area contributed by atoms with Crippen molar-refractivity contribution >= 4 is 16.7 Å². The number of aryl methyl sites for hydroxylation is 1. The second kappa shape index (κ2) is 7.62. The number of amides is 1. The highest BCUT2D eigenvalue weighted by Gasteiger charge is 2.54. The van der Waals surface area contributed by atoms with Gasteiger partial charge in [0.1, 0.15) is 5.82 Å². The molecule has 2 fully saturated rings. The van der Waals surface area contributed by atoms with Gasteiger partial charge < -0.3 is 5.32 Å². The molecule has 4 aromatic rings. The Bertz CT molecular complexity index is 1480. The van der Waals surface area contributed by atoms with Crippen molar-refractivity contribution in [1.29, 1.82) is 0 Å². The molecule has 2 aromatic carbocycles. The number of carbonyl (C=O) groups is 1. The van der Waals surface area contributed by atoms with E-state index in [9.17, 15) is 14.0 Å². The van der Waals surface area contributed by atoms with Crippen molar-refractivity contribution in [3.05, 3.63) is 82.3 Å². The third-order valence-corrected chi connectivity index (χ3v) is 7.41. The number of hydrogen-bond acceptors (Lipinski definition) is 4. The fourth-order valence-electron chi connectivity index (χ4n) is 5.77. The van der Waals surface area contributed by atoms with Gasteiger partial charge in [-0.15, -0.1) is 0 Å². The number of H-pyrrole nitrogens is 1. The van der Waals surface area contributed by atoms with Crippen LogP contribution >= 0.6 is 0 Å². The van der Waals surface area contributed by atoms with Crippen LogP contribution in [0.1, 0.15) is 47.7 Å². The molecule has 0 saturated heterocycles. The van der Waals surface area contributed by atoms with Crippen LogP contribution in [0.15, 0.2) is 59.7 Å². The van der Waals surface area contributed by atoms with E-state index in [1.165, 1.54) is 6.07 Å². The zero-order valence-corrected chi connectivity index (χ0v) is 18.7. The Morgan fingerprint density at radius 1 is 1.15 bits per heavy atom. The van der Waals surface area contributed by atoms with Crippen molar-refractivity contribution in [2.75, 3.05) is 0 Å². The number of fused-ring (bicyclic) bond motifs is 1. The van der Waals surface area contributed by atoms with Gasteiger partial charge in [0.15, 0.2) is 0 Å². The number of aromatic amines is 1. The van der Waals surface area contributed by atoms with Crippen molar-refractivity contribution in [3.63, 3.8) is 0 Å². The predicted octanol–water partition coefficient (Wildman–Crippen LogP) is 3.92. The van der Waals surface area contributed by atoms with Crippen LogP contribution in [0.5, 0.6) is 0 Å². The van der Waals surface area contributed by atoms with Crippen LogP contribution in [0.4, 0.5) is 4.39 Å². The lowest BCUT2D eigenvalue weighted by Crippen LogP contribution is -2.55. The summed E-state index contributed by atoms with van der Waals surface area (Å²) >= 11 is 0. The number of hydrogen-bond donors (Lipinski definition) is 2. The van der Waals surface area contributed by atoms with Gasteiger partial charge in [0.2, 0.25) is 0 Å². The van der Waals surface area contributed by atoms with Gasteiger partial charge in [0.05, 0.1) is 17.3 Å². The molecule has 172 valence electrons. The average molecular weight is 458 g/mol. The van der Waals surface area contributed by atoms with E-state index in [0.29, 0.717) is 28.0 Å². The van der Waals surface area contributed by atoms with Gasteiger partial charge in [-0.3, -0.25) is 14.3 Å². The number of nitrogens with one attached hydrogen (secondary N) is 2. The summed E-state index contributed by atoms with van der Waals surface area (Å²) in [6.45, 7) is 0. The van der Waals surface area contributed by atoms with E-state index in [1.807, 2.05) is 24.3 Å². The summed E-state index contributed by atoms with van der Waals surface area (Å²) in [5, 5.41) is 15.7. The normalized spacial score (nSPS) is 23.5. The average Bonchev–Trinajstić information content (AvgIpc) is 3.21. The fourth-order valence-corrected chi connectivity index (χ4v) is 5.77. The highest BCUT2D eigenvalue weighted by molar-refractivity contribution is 5.95. The van der Waals surface area contributed by atoms with Crippen molar-refractivity contribution in [2.24, 2.45) is 12.5 Å². The van der Waals surface area contributed by atoms with Crippen molar-refractivity contribution in [1.82, 2.24) is 25.3 Å². The Morgan fingerprint density at radius 3 is 2.62 bits per heavy atom. The summed E-state index contributed by atoms with van der Waals surface area (Å²) in [6.07, 6.45) is 7.15. The number of aromatic nitrogens is 4. The molecule has 1 amide bonds. The first-order chi connectivity index (χ1) is 16.4. The molecule has 2 aliphatic rings. The smallest absolute Gasteiger partial charge is 0.272 e. The molecule has 34 heavy (non-hydrogen) atoms. The van der Waals surface area contributed by atoms with Gasteiger partial charge in [-0.2, -0.15) is 10.2 Å². The van der Waals surface area contributed by atoms with Gasteiger partial charge >= 0.3 is 0 Å². The zero-order chi connectivity index (χ0) is 23.4. The standard InChI is InChI=1S/C26H24FN5O2/c1-32-14-17(13-28-32)19-7-6-15(8-22(19)27)24(33)29-18-11-26(12-18)9-16(10-26)23-20-4-2-3-5-21(20)25(34)31-30-23/h2-8,13-14,16,18H,9-12H2,1H3,(H,29,33)(H,31,34)/t16-,18-,26?. The van der Waals surface area contributed by atoms with Crippen LogP contribution in [0.3, 0.4) is 0 Å². The van der Waals surface area contributed by atoms with E-state index in [-0.39, 0.29) is 22.9 Å². The number of carbonyl (C=O) groups excluding carboxylic acids is 1. The first kappa shape index (κ1) is 20.8. The third-order valence-electron chi connectivity index (χ3n) is 7.41. The van der Waals surface area contributed by atoms with Crippen molar-refractivity contribution < 1.29 is 9.18 Å². The maximum Gasteiger partial charge on any atom is 0.272 e. The van der Waals surface area contributed by atoms with Crippen LogP contribution in [-0.4, -0.2) is 31.9 Å². The second-order valence-corrected chi connectivity index (χ2v) is 9.76. The summed E-state index contributed by atoms with van der Waals surface area (Å²) in [6, 6.07) is 12.2. The topological polar surface area (TPSA) is 92.7 Å². The number of rotatable bonds is 4. The van der Waals surface area contributed by atoms with Crippen LogP contribution in [0, 0.1) is 11.2 Å². The summed E-state index contributed by atoms with van der Waals surface area (Å²) in [5.74, 6) is -0.374. The number of benzene rings is 2. The van der Waals surface area contributed by atoms with Crippen molar-refractivity contribution in [3.8, 4) is 11.1 Å². The quantitative estimate of drug-likeness (QED) is 0.486. The van der Waals surface area contributed by atoms with Crippen LogP contribution < -0.4 is 10.9 Å². The zero-order valence-electron chi connectivity index (χ0n) is 18.7. The van der Waals surface area contributed by atoms with E-state index in [4.69, 9.17) is 0 Å². The predicted molar refractivity (Wildman–Crippen MR) is 126 cm³/mol. The van der Waals surface area contributed by atoms with E-state index in [2.05, 4.69) is 20.6 Å². The molecule has 2 aliphatic carbocycles. The first-order valence-corrected chi connectivity index (χ1v) is 11.5. The Kier molecular flexibility index (Phi) is 4.65. The summed E-state index contributed by atoms with van der Waals surface area (Å²) in [4.78, 5) is 24.7. The minimum atomic E-state index is -0.437. The summed E-state index contributed by atoms with van der Waals surface area (Å²) in [7, 11) is 1.78. The monoisotopic (exact) mass is 457 g/mol. The van der Waals surface area contributed by atoms with Crippen LogP contribution in [0.2, 0.25) is 0 Å². The van der Waals surface area contributed by atoms with Crippen LogP contribution in [-0.2, 0) is 7.05 Å². The molecule has 6 rings (SSSR count). The highest BCUT2D eigenvalue weighted by Crippen LogP contribution is 2.62. The van der Waals surface area contributed by atoms with Gasteiger partial charge in [-0.1, -0.05) is 24.3 Å². The first-order valence-electron chi connectivity index (χ1n) is 11.5. The second-order valence-electron chi connectivity index (χ2n) is 9.76. The molecular weight excluding hydrogens is 433 g/mol. The van der Waals surface area contributed by atoms with Crippen LogP contribution in [0.25, 0.3) is 21.9 Å². The Balaban J connectivity index is 1.08. The molecule has 2 aromatic heterocycles.